The van der Waals surface area contributed by atoms with E-state index >= 15 is 0 Å². The third kappa shape index (κ3) is 6.94. The van der Waals surface area contributed by atoms with E-state index in [1.807, 2.05) is 6.92 Å². The molecule has 0 fully saturated rings. The lowest BCUT2D eigenvalue weighted by molar-refractivity contribution is -0.143. The van der Waals surface area contributed by atoms with Crippen molar-refractivity contribution in [3.63, 3.8) is 0 Å². The zero-order valence-electron chi connectivity index (χ0n) is 9.91. The molecule has 0 saturated carbocycles. The Kier molecular flexibility index (Phi) is 5.97. The van der Waals surface area contributed by atoms with Gasteiger partial charge in [0, 0.05) is 12.5 Å². The number of carboxylic acids is 1. The quantitative estimate of drug-likeness (QED) is 0.708. The molecule has 1 amide bonds. The van der Waals surface area contributed by atoms with Crippen molar-refractivity contribution in [3.05, 3.63) is 0 Å². The minimum absolute atomic E-state index is 0.0533. The molecule has 2 unspecified atom stereocenters. The van der Waals surface area contributed by atoms with Crippen molar-refractivity contribution in [3.8, 4) is 0 Å². The van der Waals surface area contributed by atoms with E-state index in [0.29, 0.717) is 5.92 Å². The summed E-state index contributed by atoms with van der Waals surface area (Å²) in [4.78, 5) is 21.9. The van der Waals surface area contributed by atoms with Gasteiger partial charge in [-0.25, -0.2) is 0 Å². The van der Waals surface area contributed by atoms with Gasteiger partial charge in [-0.1, -0.05) is 20.8 Å². The van der Waals surface area contributed by atoms with E-state index in [9.17, 15) is 9.59 Å². The predicted molar refractivity (Wildman–Crippen MR) is 58.5 cm³/mol. The molecule has 4 heteroatoms. The van der Waals surface area contributed by atoms with Crippen molar-refractivity contribution in [2.45, 2.75) is 46.6 Å². The molecule has 0 rings (SSSR count). The van der Waals surface area contributed by atoms with Gasteiger partial charge in [0.1, 0.15) is 0 Å². The van der Waals surface area contributed by atoms with Crippen molar-refractivity contribution < 1.29 is 14.7 Å². The van der Waals surface area contributed by atoms with Crippen LogP contribution in [0.2, 0.25) is 0 Å². The van der Waals surface area contributed by atoms with Crippen molar-refractivity contribution in [2.75, 3.05) is 0 Å². The first kappa shape index (κ1) is 13.9. The van der Waals surface area contributed by atoms with Gasteiger partial charge in [-0.3, -0.25) is 9.59 Å². The average molecular weight is 215 g/mol. The SMILES string of the molecule is CC(C)CC(C)NC(=O)CC(C)C(=O)O. The molecule has 2 N–H and O–H groups in total. The van der Waals surface area contributed by atoms with Crippen LogP contribution in [0.4, 0.5) is 0 Å². The van der Waals surface area contributed by atoms with Crippen LogP contribution in [0.1, 0.15) is 40.5 Å². The number of rotatable bonds is 6. The topological polar surface area (TPSA) is 66.4 Å². The number of hydrogen-bond donors (Lipinski definition) is 2. The van der Waals surface area contributed by atoms with E-state index in [1.54, 1.807) is 0 Å². The summed E-state index contributed by atoms with van der Waals surface area (Å²) in [5.41, 5.74) is 0. The van der Waals surface area contributed by atoms with E-state index < -0.39 is 11.9 Å². The molecule has 0 aromatic carbocycles. The Morgan fingerprint density at radius 3 is 2.13 bits per heavy atom. The van der Waals surface area contributed by atoms with Gasteiger partial charge in [-0.2, -0.15) is 0 Å². The maximum absolute atomic E-state index is 11.4. The second-order valence-corrected chi connectivity index (χ2v) is 4.54. The van der Waals surface area contributed by atoms with E-state index in [2.05, 4.69) is 19.2 Å². The van der Waals surface area contributed by atoms with Crippen LogP contribution in [0.5, 0.6) is 0 Å². The number of hydrogen-bond acceptors (Lipinski definition) is 2. The van der Waals surface area contributed by atoms with Crippen LogP contribution in [-0.2, 0) is 9.59 Å². The number of carbonyl (C=O) groups is 2. The molecule has 0 radical (unpaired) electrons. The second-order valence-electron chi connectivity index (χ2n) is 4.54. The van der Waals surface area contributed by atoms with Gasteiger partial charge in [0.15, 0.2) is 0 Å². The van der Waals surface area contributed by atoms with Crippen LogP contribution in [0.3, 0.4) is 0 Å². The molecule has 0 aromatic heterocycles. The lowest BCUT2D eigenvalue weighted by Gasteiger charge is -2.16. The van der Waals surface area contributed by atoms with Gasteiger partial charge in [-0.05, 0) is 19.3 Å². The summed E-state index contributed by atoms with van der Waals surface area (Å²) in [5.74, 6) is -1.20. The van der Waals surface area contributed by atoms with Crippen LogP contribution < -0.4 is 5.32 Å². The molecule has 0 spiro atoms. The van der Waals surface area contributed by atoms with Gasteiger partial charge < -0.3 is 10.4 Å². The normalized spacial score (nSPS) is 14.7. The molecular formula is C11H21NO3. The van der Waals surface area contributed by atoms with Gasteiger partial charge in [0.2, 0.25) is 5.91 Å². The standard InChI is InChI=1S/C11H21NO3/c1-7(2)5-9(4)12-10(13)6-8(3)11(14)15/h7-9H,5-6H2,1-4H3,(H,12,13)(H,14,15). The molecular weight excluding hydrogens is 194 g/mol. The van der Waals surface area contributed by atoms with Gasteiger partial charge in [0.05, 0.1) is 5.92 Å². The summed E-state index contributed by atoms with van der Waals surface area (Å²) in [7, 11) is 0. The van der Waals surface area contributed by atoms with Crippen LogP contribution in [0, 0.1) is 11.8 Å². The minimum atomic E-state index is -0.929. The molecule has 0 heterocycles. The maximum Gasteiger partial charge on any atom is 0.306 e. The van der Waals surface area contributed by atoms with Crippen molar-refractivity contribution in [1.29, 1.82) is 0 Å². The highest BCUT2D eigenvalue weighted by Crippen LogP contribution is 2.06. The van der Waals surface area contributed by atoms with Gasteiger partial charge in [0.25, 0.3) is 0 Å². The summed E-state index contributed by atoms with van der Waals surface area (Å²) in [5, 5.41) is 11.4. The summed E-state index contributed by atoms with van der Waals surface area (Å²) >= 11 is 0. The van der Waals surface area contributed by atoms with Crippen LogP contribution in [0.25, 0.3) is 0 Å². The highest BCUT2D eigenvalue weighted by molar-refractivity contribution is 5.82. The molecule has 0 aliphatic carbocycles. The fourth-order valence-electron chi connectivity index (χ4n) is 1.47. The van der Waals surface area contributed by atoms with Crippen LogP contribution in [0.15, 0.2) is 0 Å². The number of carboxylic acid groups (broad SMARTS) is 1. The smallest absolute Gasteiger partial charge is 0.306 e. The predicted octanol–water partition coefficient (Wildman–Crippen LogP) is 1.65. The molecule has 2 atom stereocenters. The first-order valence-electron chi connectivity index (χ1n) is 5.35. The van der Waals surface area contributed by atoms with E-state index in [-0.39, 0.29) is 18.4 Å². The highest BCUT2D eigenvalue weighted by Gasteiger charge is 2.17. The maximum atomic E-state index is 11.4. The number of carbonyl (C=O) groups excluding carboxylic acids is 1. The summed E-state index contributed by atoms with van der Waals surface area (Å²) in [6.45, 7) is 7.64. The molecule has 0 aromatic rings. The number of amides is 1. The monoisotopic (exact) mass is 215 g/mol. The lowest BCUT2D eigenvalue weighted by atomic mass is 10.0. The fourth-order valence-corrected chi connectivity index (χ4v) is 1.47. The van der Waals surface area contributed by atoms with Gasteiger partial charge in [-0.15, -0.1) is 0 Å². The Hall–Kier alpha value is -1.06. The van der Waals surface area contributed by atoms with E-state index in [1.165, 1.54) is 6.92 Å². The molecule has 0 aliphatic rings. The Morgan fingerprint density at radius 1 is 1.20 bits per heavy atom. The molecule has 15 heavy (non-hydrogen) atoms. The Bertz CT molecular complexity index is 226. The third-order valence-electron chi connectivity index (χ3n) is 2.15. The highest BCUT2D eigenvalue weighted by atomic mass is 16.4. The number of aliphatic carboxylic acids is 1. The van der Waals surface area contributed by atoms with Crippen molar-refractivity contribution in [2.24, 2.45) is 11.8 Å². The zero-order chi connectivity index (χ0) is 12.0. The Labute approximate surface area is 91.1 Å². The van der Waals surface area contributed by atoms with Crippen molar-refractivity contribution >= 4 is 11.9 Å². The molecule has 88 valence electrons. The van der Waals surface area contributed by atoms with Crippen molar-refractivity contribution in [1.82, 2.24) is 5.32 Å². The molecule has 0 saturated heterocycles. The molecule has 0 aliphatic heterocycles. The first-order chi connectivity index (χ1) is 6.82. The third-order valence-corrected chi connectivity index (χ3v) is 2.15. The number of nitrogens with one attached hydrogen (secondary N) is 1. The Balaban J connectivity index is 3.88. The zero-order valence-corrected chi connectivity index (χ0v) is 9.91. The van der Waals surface area contributed by atoms with E-state index in [0.717, 1.165) is 6.42 Å². The Morgan fingerprint density at radius 2 is 1.73 bits per heavy atom. The largest absolute Gasteiger partial charge is 0.481 e. The summed E-state index contributed by atoms with van der Waals surface area (Å²) in [6, 6.07) is 0.110. The van der Waals surface area contributed by atoms with Crippen LogP contribution >= 0.6 is 0 Å². The lowest BCUT2D eigenvalue weighted by Crippen LogP contribution is -2.35. The fraction of sp³-hybridized carbons (Fsp3) is 0.818. The van der Waals surface area contributed by atoms with Crippen LogP contribution in [-0.4, -0.2) is 23.0 Å². The molecule has 0 bridgehead atoms. The van der Waals surface area contributed by atoms with Gasteiger partial charge >= 0.3 is 5.97 Å². The second kappa shape index (κ2) is 6.43. The molecule has 4 nitrogen and oxygen atoms in total. The first-order valence-corrected chi connectivity index (χ1v) is 5.35. The summed E-state index contributed by atoms with van der Waals surface area (Å²) < 4.78 is 0. The summed E-state index contributed by atoms with van der Waals surface area (Å²) in [6.07, 6.45) is 0.963. The minimum Gasteiger partial charge on any atom is -0.481 e. The van der Waals surface area contributed by atoms with E-state index in [4.69, 9.17) is 5.11 Å². The average Bonchev–Trinajstić information content (AvgIpc) is 2.00.